The van der Waals surface area contributed by atoms with Crippen LogP contribution in [-0.2, 0) is 19.1 Å². The van der Waals surface area contributed by atoms with E-state index >= 15 is 0 Å². The van der Waals surface area contributed by atoms with E-state index in [0.29, 0.717) is 5.57 Å². The van der Waals surface area contributed by atoms with Crippen molar-refractivity contribution in [1.82, 2.24) is 0 Å². The molecule has 1 unspecified atom stereocenters. The first kappa shape index (κ1) is 14.6. The van der Waals surface area contributed by atoms with Crippen molar-refractivity contribution < 1.29 is 19.1 Å². The Morgan fingerprint density at radius 2 is 2.25 bits per heavy atom. The largest absolute Gasteiger partial charge is 0.466 e. The summed E-state index contributed by atoms with van der Waals surface area (Å²) in [6.07, 6.45) is 4.35. The molecule has 0 aromatic rings. The van der Waals surface area contributed by atoms with Crippen molar-refractivity contribution in [3.05, 3.63) is 12.2 Å². The lowest BCUT2D eigenvalue weighted by Crippen LogP contribution is -2.15. The van der Waals surface area contributed by atoms with E-state index in [2.05, 4.69) is 16.3 Å². The molecule has 1 fully saturated rings. The molecular weight excluding hydrogens is 210 g/mol. The lowest BCUT2D eigenvalue weighted by atomic mass is 10.2. The summed E-state index contributed by atoms with van der Waals surface area (Å²) in [4.78, 5) is 23.3. The van der Waals surface area contributed by atoms with Crippen LogP contribution in [0.25, 0.3) is 0 Å². The van der Waals surface area contributed by atoms with Crippen LogP contribution in [0.3, 0.4) is 0 Å². The van der Waals surface area contributed by atoms with Crippen molar-refractivity contribution in [2.75, 3.05) is 13.7 Å². The van der Waals surface area contributed by atoms with E-state index in [1.165, 1.54) is 13.2 Å². The molecule has 1 aliphatic heterocycles. The fourth-order valence-electron chi connectivity index (χ4n) is 1.06. The van der Waals surface area contributed by atoms with Gasteiger partial charge in [-0.1, -0.05) is 6.58 Å². The van der Waals surface area contributed by atoms with Crippen LogP contribution < -0.4 is 0 Å². The average molecular weight is 227 g/mol. The fourth-order valence-corrected chi connectivity index (χ4v) is 1.06. The molecule has 5 heteroatoms. The number of rotatable bonds is 2. The van der Waals surface area contributed by atoms with Crippen LogP contribution in [0.1, 0.15) is 26.2 Å². The number of hydrogen-bond acceptors (Lipinski definition) is 5. The highest BCUT2D eigenvalue weighted by molar-refractivity contribution is 5.86. The zero-order valence-electron chi connectivity index (χ0n) is 9.69. The van der Waals surface area contributed by atoms with Crippen molar-refractivity contribution in [3.63, 3.8) is 0 Å². The van der Waals surface area contributed by atoms with Gasteiger partial charge in [0.15, 0.2) is 6.23 Å². The summed E-state index contributed by atoms with van der Waals surface area (Å²) in [5.41, 5.74) is 0.433. The summed E-state index contributed by atoms with van der Waals surface area (Å²) >= 11 is 0. The van der Waals surface area contributed by atoms with Gasteiger partial charge in [0.25, 0.3) is 0 Å². The third kappa shape index (κ3) is 6.92. The number of methoxy groups -OCH3 is 1. The normalized spacial score (nSPS) is 18.5. The van der Waals surface area contributed by atoms with Crippen molar-refractivity contribution >= 4 is 12.0 Å². The standard InChI is InChI=1S/C6H9NO2.C5H8O2/c8-5-7-6-3-1-2-4-9-6;1-4(2)5(6)7-3/h6H,1-4H2;1H2,2-3H3. The molecule has 0 saturated carbocycles. The van der Waals surface area contributed by atoms with Crippen molar-refractivity contribution in [2.24, 2.45) is 4.99 Å². The molecular formula is C11H17NO4. The van der Waals surface area contributed by atoms with Gasteiger partial charge in [0, 0.05) is 12.2 Å². The van der Waals surface area contributed by atoms with Gasteiger partial charge in [-0.25, -0.2) is 9.59 Å². The minimum Gasteiger partial charge on any atom is -0.466 e. The van der Waals surface area contributed by atoms with Crippen molar-refractivity contribution in [3.8, 4) is 0 Å². The molecule has 1 saturated heterocycles. The molecule has 0 bridgehead atoms. The summed E-state index contributed by atoms with van der Waals surface area (Å²) in [6.45, 7) is 5.69. The SMILES string of the molecule is C=C(C)C(=O)OC.O=C=NC1CCCCO1. The Hall–Kier alpha value is -1.45. The van der Waals surface area contributed by atoms with Gasteiger partial charge in [0.1, 0.15) is 0 Å². The molecule has 0 aromatic heterocycles. The Morgan fingerprint density at radius 3 is 2.56 bits per heavy atom. The second-order valence-electron chi connectivity index (χ2n) is 3.31. The van der Waals surface area contributed by atoms with E-state index in [9.17, 15) is 9.59 Å². The van der Waals surface area contributed by atoms with Gasteiger partial charge in [-0.05, 0) is 26.2 Å². The highest BCUT2D eigenvalue weighted by Gasteiger charge is 2.10. The zero-order valence-corrected chi connectivity index (χ0v) is 9.69. The first-order valence-corrected chi connectivity index (χ1v) is 5.04. The maximum absolute atomic E-state index is 10.2. The van der Waals surface area contributed by atoms with Crippen LogP contribution in [0.15, 0.2) is 17.1 Å². The molecule has 90 valence electrons. The maximum Gasteiger partial charge on any atom is 0.332 e. The number of carbonyl (C=O) groups is 1. The maximum atomic E-state index is 10.2. The second-order valence-corrected chi connectivity index (χ2v) is 3.31. The molecule has 1 heterocycles. The van der Waals surface area contributed by atoms with Crippen LogP contribution >= 0.6 is 0 Å². The molecule has 0 aromatic carbocycles. The van der Waals surface area contributed by atoms with Crippen molar-refractivity contribution in [2.45, 2.75) is 32.4 Å². The summed E-state index contributed by atoms with van der Waals surface area (Å²) < 4.78 is 9.36. The predicted octanol–water partition coefficient (Wildman–Crippen LogP) is 1.58. The molecule has 0 spiro atoms. The van der Waals surface area contributed by atoms with Crippen LogP contribution in [0.5, 0.6) is 0 Å². The Kier molecular flexibility index (Phi) is 8.03. The van der Waals surface area contributed by atoms with E-state index in [1.807, 2.05) is 0 Å². The highest BCUT2D eigenvalue weighted by atomic mass is 16.5. The van der Waals surface area contributed by atoms with Gasteiger partial charge >= 0.3 is 5.97 Å². The third-order valence-corrected chi connectivity index (χ3v) is 1.89. The average Bonchev–Trinajstić information content (AvgIpc) is 2.30. The summed E-state index contributed by atoms with van der Waals surface area (Å²) in [6, 6.07) is 0. The number of nitrogens with zero attached hydrogens (tertiary/aromatic N) is 1. The molecule has 1 atom stereocenters. The number of esters is 1. The molecule has 0 aliphatic carbocycles. The van der Waals surface area contributed by atoms with Gasteiger partial charge < -0.3 is 9.47 Å². The van der Waals surface area contributed by atoms with E-state index in [-0.39, 0.29) is 12.2 Å². The number of aliphatic imine (C=N–C) groups is 1. The second kappa shape index (κ2) is 8.83. The number of ether oxygens (including phenoxy) is 2. The lowest BCUT2D eigenvalue weighted by Gasteiger charge is -2.16. The van der Waals surface area contributed by atoms with Gasteiger partial charge in [0.05, 0.1) is 7.11 Å². The quantitative estimate of drug-likeness (QED) is 0.311. The first-order chi connectivity index (χ1) is 7.61. The zero-order chi connectivity index (χ0) is 12.4. The summed E-state index contributed by atoms with van der Waals surface area (Å²) in [5, 5.41) is 0. The van der Waals surface area contributed by atoms with E-state index in [4.69, 9.17) is 4.74 Å². The van der Waals surface area contributed by atoms with Gasteiger partial charge in [-0.2, -0.15) is 4.99 Å². The molecule has 0 N–H and O–H groups in total. The molecule has 0 amide bonds. The highest BCUT2D eigenvalue weighted by Crippen LogP contribution is 2.12. The smallest absolute Gasteiger partial charge is 0.332 e. The first-order valence-electron chi connectivity index (χ1n) is 5.04. The predicted molar refractivity (Wildman–Crippen MR) is 58.5 cm³/mol. The monoisotopic (exact) mass is 227 g/mol. The molecule has 5 nitrogen and oxygen atoms in total. The van der Waals surface area contributed by atoms with Gasteiger partial charge in [-0.15, -0.1) is 0 Å². The number of hydrogen-bond donors (Lipinski definition) is 0. The minimum absolute atomic E-state index is 0.198. The van der Waals surface area contributed by atoms with Crippen LogP contribution in [-0.4, -0.2) is 32.0 Å². The van der Waals surface area contributed by atoms with Crippen LogP contribution in [0.2, 0.25) is 0 Å². The Bertz CT molecular complexity index is 276. The van der Waals surface area contributed by atoms with Gasteiger partial charge in [0.2, 0.25) is 6.08 Å². The Labute approximate surface area is 95.1 Å². The van der Waals surface area contributed by atoms with Gasteiger partial charge in [-0.3, -0.25) is 0 Å². The Morgan fingerprint density at radius 1 is 1.56 bits per heavy atom. The third-order valence-electron chi connectivity index (χ3n) is 1.89. The van der Waals surface area contributed by atoms with Crippen molar-refractivity contribution in [1.29, 1.82) is 0 Å². The fraction of sp³-hybridized carbons (Fsp3) is 0.636. The van der Waals surface area contributed by atoms with Crippen LogP contribution in [0.4, 0.5) is 0 Å². The Balaban J connectivity index is 0.000000293. The summed E-state index contributed by atoms with van der Waals surface area (Å²) in [5.74, 6) is -0.347. The number of carbonyl (C=O) groups excluding carboxylic acids is 2. The molecule has 1 aliphatic rings. The topological polar surface area (TPSA) is 65.0 Å². The van der Waals surface area contributed by atoms with E-state index in [0.717, 1.165) is 25.9 Å². The van der Waals surface area contributed by atoms with E-state index < -0.39 is 0 Å². The minimum atomic E-state index is -0.347. The van der Waals surface area contributed by atoms with E-state index in [1.54, 1.807) is 6.92 Å². The molecule has 0 radical (unpaired) electrons. The number of isocyanates is 1. The van der Waals surface area contributed by atoms with Crippen LogP contribution in [0, 0.1) is 0 Å². The lowest BCUT2D eigenvalue weighted by molar-refractivity contribution is -0.136. The molecule has 16 heavy (non-hydrogen) atoms. The summed E-state index contributed by atoms with van der Waals surface area (Å²) in [7, 11) is 1.33. The molecule has 1 rings (SSSR count).